The van der Waals surface area contributed by atoms with Crippen LogP contribution in [0.5, 0.6) is 0 Å². The standard InChI is InChI=1S/C9H12BrCl3N2O/c10-4-2-1-3-5-16-6-15-8(12)7(11)14-9(15)13/h1-6H2. The molecule has 1 heterocycles. The second-order valence-corrected chi connectivity index (χ2v) is 5.02. The van der Waals surface area contributed by atoms with E-state index in [1.54, 1.807) is 0 Å². The fraction of sp³-hybridized carbons (Fsp3) is 0.667. The minimum Gasteiger partial charge on any atom is -0.361 e. The summed E-state index contributed by atoms with van der Waals surface area (Å²) < 4.78 is 6.95. The van der Waals surface area contributed by atoms with Crippen LogP contribution in [0, 0.1) is 0 Å². The maximum Gasteiger partial charge on any atom is 0.207 e. The van der Waals surface area contributed by atoms with Gasteiger partial charge in [0, 0.05) is 11.9 Å². The monoisotopic (exact) mass is 348 g/mol. The lowest BCUT2D eigenvalue weighted by molar-refractivity contribution is 0.0745. The molecule has 0 aromatic carbocycles. The van der Waals surface area contributed by atoms with Gasteiger partial charge in [-0.05, 0) is 24.4 Å². The summed E-state index contributed by atoms with van der Waals surface area (Å²) in [5.41, 5.74) is 0. The largest absolute Gasteiger partial charge is 0.361 e. The number of imidazole rings is 1. The van der Waals surface area contributed by atoms with Gasteiger partial charge in [-0.25, -0.2) is 4.98 Å². The van der Waals surface area contributed by atoms with E-state index in [1.807, 2.05) is 0 Å². The van der Waals surface area contributed by atoms with Gasteiger partial charge < -0.3 is 4.74 Å². The SMILES string of the molecule is Clc1nc(Cl)n(COCCCCCBr)c1Cl. The van der Waals surface area contributed by atoms with Crippen LogP contribution in [-0.4, -0.2) is 21.5 Å². The van der Waals surface area contributed by atoms with E-state index >= 15 is 0 Å². The van der Waals surface area contributed by atoms with Gasteiger partial charge in [0.25, 0.3) is 0 Å². The molecule has 1 aromatic rings. The minimum absolute atomic E-state index is 0.203. The molecule has 0 spiro atoms. The predicted molar refractivity (Wildman–Crippen MR) is 70.9 cm³/mol. The molecule has 0 N–H and O–H groups in total. The maximum atomic E-state index is 5.87. The van der Waals surface area contributed by atoms with Crippen molar-refractivity contribution in [2.75, 3.05) is 11.9 Å². The van der Waals surface area contributed by atoms with E-state index in [1.165, 1.54) is 4.57 Å². The fourth-order valence-corrected chi connectivity index (χ4v) is 2.18. The Balaban J connectivity index is 2.26. The molecule has 1 aromatic heterocycles. The van der Waals surface area contributed by atoms with Crippen LogP contribution in [0.4, 0.5) is 0 Å². The minimum atomic E-state index is 0.203. The zero-order chi connectivity index (χ0) is 12.0. The van der Waals surface area contributed by atoms with Crippen LogP contribution in [0.25, 0.3) is 0 Å². The van der Waals surface area contributed by atoms with Gasteiger partial charge in [0.2, 0.25) is 5.28 Å². The molecule has 16 heavy (non-hydrogen) atoms. The second kappa shape index (κ2) is 7.77. The van der Waals surface area contributed by atoms with Crippen molar-refractivity contribution in [2.45, 2.75) is 26.0 Å². The number of hydrogen-bond acceptors (Lipinski definition) is 2. The summed E-state index contributed by atoms with van der Waals surface area (Å²) >= 11 is 20.8. The summed E-state index contributed by atoms with van der Waals surface area (Å²) in [4.78, 5) is 3.81. The molecule has 3 nitrogen and oxygen atoms in total. The number of aromatic nitrogens is 2. The molecule has 92 valence electrons. The number of rotatable bonds is 7. The molecule has 0 aliphatic carbocycles. The molecule has 0 bridgehead atoms. The first-order valence-electron chi connectivity index (χ1n) is 4.87. The summed E-state index contributed by atoms with van der Waals surface area (Å²) in [5, 5.41) is 1.79. The molecule has 0 aliphatic heterocycles. The molecule has 0 aliphatic rings. The highest BCUT2D eigenvalue weighted by atomic mass is 79.9. The number of unbranched alkanes of at least 4 members (excludes halogenated alkanes) is 2. The topological polar surface area (TPSA) is 27.1 Å². The summed E-state index contributed by atoms with van der Waals surface area (Å²) in [5.74, 6) is 0. The Morgan fingerprint density at radius 1 is 1.19 bits per heavy atom. The van der Waals surface area contributed by atoms with Crippen molar-refractivity contribution >= 4 is 50.7 Å². The summed E-state index contributed by atoms with van der Waals surface area (Å²) in [6.07, 6.45) is 3.31. The van der Waals surface area contributed by atoms with Crippen molar-refractivity contribution < 1.29 is 4.74 Å². The van der Waals surface area contributed by atoms with Gasteiger partial charge in [0.15, 0.2) is 10.3 Å². The highest BCUT2D eigenvalue weighted by molar-refractivity contribution is 9.09. The molecular formula is C9H12BrCl3N2O. The average Bonchev–Trinajstić information content (AvgIpc) is 2.49. The third-order valence-electron chi connectivity index (χ3n) is 1.96. The van der Waals surface area contributed by atoms with Crippen LogP contribution >= 0.6 is 50.7 Å². The number of alkyl halides is 1. The number of ether oxygens (including phenoxy) is 1. The van der Waals surface area contributed by atoms with Crippen LogP contribution in [-0.2, 0) is 11.5 Å². The van der Waals surface area contributed by atoms with Gasteiger partial charge in [-0.3, -0.25) is 4.57 Å². The first kappa shape index (κ1) is 14.6. The van der Waals surface area contributed by atoms with Crippen LogP contribution < -0.4 is 0 Å². The Morgan fingerprint density at radius 2 is 1.94 bits per heavy atom. The molecule has 0 fully saturated rings. The van der Waals surface area contributed by atoms with Crippen molar-refractivity contribution in [3.8, 4) is 0 Å². The highest BCUT2D eigenvalue weighted by Gasteiger charge is 2.11. The third-order valence-corrected chi connectivity index (χ3v) is 3.56. The smallest absolute Gasteiger partial charge is 0.207 e. The number of halogens is 4. The van der Waals surface area contributed by atoms with E-state index < -0.39 is 0 Å². The first-order valence-corrected chi connectivity index (χ1v) is 7.13. The average molecular weight is 350 g/mol. The lowest BCUT2D eigenvalue weighted by atomic mass is 10.3. The Kier molecular flexibility index (Phi) is 7.08. The van der Waals surface area contributed by atoms with E-state index in [-0.39, 0.29) is 17.2 Å². The quantitative estimate of drug-likeness (QED) is 0.539. The normalized spacial score (nSPS) is 11.0. The Bertz CT molecular complexity index is 333. The summed E-state index contributed by atoms with van der Waals surface area (Å²) in [6, 6.07) is 0. The van der Waals surface area contributed by atoms with E-state index in [0.29, 0.717) is 11.8 Å². The van der Waals surface area contributed by atoms with Crippen LogP contribution in [0.3, 0.4) is 0 Å². The van der Waals surface area contributed by atoms with Gasteiger partial charge >= 0.3 is 0 Å². The van der Waals surface area contributed by atoms with Gasteiger partial charge in [-0.1, -0.05) is 45.6 Å². The Morgan fingerprint density at radius 3 is 2.50 bits per heavy atom. The molecule has 0 amide bonds. The zero-order valence-corrected chi connectivity index (χ0v) is 12.4. The van der Waals surface area contributed by atoms with Gasteiger partial charge in [-0.2, -0.15) is 0 Å². The van der Waals surface area contributed by atoms with Crippen LogP contribution in [0.1, 0.15) is 19.3 Å². The zero-order valence-electron chi connectivity index (χ0n) is 8.56. The van der Waals surface area contributed by atoms with Gasteiger partial charge in [0.1, 0.15) is 6.73 Å². The number of hydrogen-bond donors (Lipinski definition) is 0. The molecule has 0 unspecified atom stereocenters. The van der Waals surface area contributed by atoms with E-state index in [2.05, 4.69) is 20.9 Å². The van der Waals surface area contributed by atoms with Crippen molar-refractivity contribution in [1.29, 1.82) is 0 Å². The Hall–Kier alpha value is 0.520. The molecule has 0 saturated carbocycles. The lowest BCUT2D eigenvalue weighted by Gasteiger charge is -2.06. The van der Waals surface area contributed by atoms with Crippen LogP contribution in [0.2, 0.25) is 15.6 Å². The van der Waals surface area contributed by atoms with Crippen molar-refractivity contribution in [1.82, 2.24) is 9.55 Å². The van der Waals surface area contributed by atoms with E-state index in [0.717, 1.165) is 24.6 Å². The van der Waals surface area contributed by atoms with Gasteiger partial charge in [0.05, 0.1) is 0 Å². The molecule has 0 radical (unpaired) electrons. The summed E-state index contributed by atoms with van der Waals surface area (Å²) in [6.45, 7) is 0.959. The molecule has 7 heteroatoms. The molecular weight excluding hydrogens is 338 g/mol. The van der Waals surface area contributed by atoms with E-state index in [4.69, 9.17) is 39.5 Å². The summed E-state index contributed by atoms with van der Waals surface area (Å²) in [7, 11) is 0. The molecule has 1 rings (SSSR count). The van der Waals surface area contributed by atoms with E-state index in [9.17, 15) is 0 Å². The molecule has 0 atom stereocenters. The maximum absolute atomic E-state index is 5.87. The number of nitrogens with zero attached hydrogens (tertiary/aromatic N) is 2. The first-order chi connectivity index (χ1) is 7.66. The van der Waals surface area contributed by atoms with Crippen molar-refractivity contribution in [3.05, 3.63) is 15.6 Å². The lowest BCUT2D eigenvalue weighted by Crippen LogP contribution is -2.04. The van der Waals surface area contributed by atoms with Gasteiger partial charge in [-0.15, -0.1) is 0 Å². The predicted octanol–water partition coefficient (Wildman–Crippen LogP) is 4.38. The second-order valence-electron chi connectivity index (χ2n) is 3.18. The highest BCUT2D eigenvalue weighted by Crippen LogP contribution is 2.25. The molecule has 0 saturated heterocycles. The van der Waals surface area contributed by atoms with Crippen molar-refractivity contribution in [3.63, 3.8) is 0 Å². The van der Waals surface area contributed by atoms with Crippen molar-refractivity contribution in [2.24, 2.45) is 0 Å². The third kappa shape index (κ3) is 4.41. The van der Waals surface area contributed by atoms with Crippen LogP contribution in [0.15, 0.2) is 0 Å². The fourth-order valence-electron chi connectivity index (χ4n) is 1.12. The Labute approximate surface area is 118 Å².